The fourth-order valence-electron chi connectivity index (χ4n) is 0.604. The Morgan fingerprint density at radius 3 is 1.82 bits per heavy atom. The molecule has 0 unspecified atom stereocenters. The van der Waals surface area contributed by atoms with Crippen LogP contribution in [-0.2, 0) is 0 Å². The van der Waals surface area contributed by atoms with E-state index in [1.807, 2.05) is 27.7 Å². The number of hydrogen-bond donors (Lipinski definition) is 0. The van der Waals surface area contributed by atoms with E-state index in [4.69, 9.17) is 16.3 Å². The highest BCUT2D eigenvalue weighted by molar-refractivity contribution is 6.30. The van der Waals surface area contributed by atoms with Crippen LogP contribution in [0.4, 0.5) is 4.39 Å². The number of benzene rings is 1. The molecule has 1 aromatic carbocycles. The molecule has 0 atom stereocenters. The van der Waals surface area contributed by atoms with E-state index in [1.54, 1.807) is 6.07 Å². The molecule has 0 aliphatic heterocycles. The summed E-state index contributed by atoms with van der Waals surface area (Å²) >= 11 is 5.41. The monoisotopic (exact) mass is 264 g/mol. The standard InChI is InChI=1S/C7H6ClFO.C3H8.2C2H6/c1-10-5-2-3-6(8)7(9)4-5;1-3-2;2*1-2/h2-4H,1H3;3H2,1-2H3;2*1-2H3. The summed E-state index contributed by atoms with van der Waals surface area (Å²) in [5.74, 6) is 0.0166. The van der Waals surface area contributed by atoms with Gasteiger partial charge in [-0.2, -0.15) is 0 Å². The molecule has 0 saturated carbocycles. The Kier molecular flexibility index (Phi) is 22.3. The molecule has 0 aliphatic carbocycles. The van der Waals surface area contributed by atoms with Crippen molar-refractivity contribution in [3.63, 3.8) is 0 Å². The van der Waals surface area contributed by atoms with Crippen molar-refractivity contribution in [2.75, 3.05) is 7.11 Å². The lowest BCUT2D eigenvalue weighted by Gasteiger charge is -1.98. The van der Waals surface area contributed by atoms with E-state index >= 15 is 0 Å². The molecule has 3 heteroatoms. The van der Waals surface area contributed by atoms with Gasteiger partial charge in [-0.25, -0.2) is 4.39 Å². The molecule has 0 saturated heterocycles. The predicted octanol–water partition coefficient (Wildman–Crippen LogP) is 5.96. The second-order valence-corrected chi connectivity index (χ2v) is 2.89. The maximum absolute atomic E-state index is 12.6. The average molecular weight is 265 g/mol. The zero-order valence-electron chi connectivity index (χ0n) is 12.1. The van der Waals surface area contributed by atoms with Crippen molar-refractivity contribution < 1.29 is 9.13 Å². The van der Waals surface area contributed by atoms with Crippen molar-refractivity contribution in [3.8, 4) is 5.75 Å². The Bertz CT molecular complexity index is 252. The molecule has 0 bridgehead atoms. The molecule has 0 aliphatic rings. The summed E-state index contributed by atoms with van der Waals surface area (Å²) in [4.78, 5) is 0. The molecule has 0 spiro atoms. The lowest BCUT2D eigenvalue weighted by atomic mass is 10.3. The summed E-state index contributed by atoms with van der Waals surface area (Å²) in [5.41, 5.74) is 0. The van der Waals surface area contributed by atoms with Crippen LogP contribution in [0.25, 0.3) is 0 Å². The minimum absolute atomic E-state index is 0.112. The molecule has 1 rings (SSSR count). The van der Waals surface area contributed by atoms with Crippen LogP contribution in [0.15, 0.2) is 18.2 Å². The van der Waals surface area contributed by atoms with Gasteiger partial charge in [0.2, 0.25) is 0 Å². The van der Waals surface area contributed by atoms with Gasteiger partial charge in [0.05, 0.1) is 12.1 Å². The Balaban J connectivity index is -0.000000239. The van der Waals surface area contributed by atoms with Crippen molar-refractivity contribution in [2.45, 2.75) is 48.0 Å². The van der Waals surface area contributed by atoms with Crippen molar-refractivity contribution >= 4 is 11.6 Å². The summed E-state index contributed by atoms with van der Waals surface area (Å²) in [5, 5.41) is 0.112. The van der Waals surface area contributed by atoms with Gasteiger partial charge in [0.1, 0.15) is 11.6 Å². The number of halogens is 2. The quantitative estimate of drug-likeness (QED) is 0.608. The van der Waals surface area contributed by atoms with Gasteiger partial charge in [-0.3, -0.25) is 0 Å². The van der Waals surface area contributed by atoms with Gasteiger partial charge in [-0.1, -0.05) is 59.6 Å². The molecule has 1 nitrogen and oxygen atoms in total. The van der Waals surface area contributed by atoms with E-state index < -0.39 is 5.82 Å². The number of rotatable bonds is 1. The highest BCUT2D eigenvalue weighted by Gasteiger charge is 1.98. The van der Waals surface area contributed by atoms with Gasteiger partial charge in [0.25, 0.3) is 0 Å². The Labute approximate surface area is 111 Å². The Morgan fingerprint density at radius 1 is 1.12 bits per heavy atom. The van der Waals surface area contributed by atoms with Crippen molar-refractivity contribution in [1.29, 1.82) is 0 Å². The molecule has 17 heavy (non-hydrogen) atoms. The minimum Gasteiger partial charge on any atom is -0.497 e. The summed E-state index contributed by atoms with van der Waals surface area (Å²) in [7, 11) is 1.47. The fraction of sp³-hybridized carbons (Fsp3) is 0.571. The first kappa shape index (κ1) is 21.5. The molecule has 102 valence electrons. The zero-order chi connectivity index (χ0) is 14.3. The molecule has 0 N–H and O–H groups in total. The van der Waals surface area contributed by atoms with Gasteiger partial charge < -0.3 is 4.74 Å². The van der Waals surface area contributed by atoms with Gasteiger partial charge in [0, 0.05) is 6.07 Å². The third-order valence-electron chi connectivity index (χ3n) is 1.13. The largest absolute Gasteiger partial charge is 0.497 e. The predicted molar refractivity (Wildman–Crippen MR) is 76.6 cm³/mol. The Hall–Kier alpha value is -0.760. The molecule has 0 radical (unpaired) electrons. The Morgan fingerprint density at radius 2 is 1.53 bits per heavy atom. The topological polar surface area (TPSA) is 9.23 Å². The number of ether oxygens (including phenoxy) is 1. The van der Waals surface area contributed by atoms with Gasteiger partial charge in [-0.15, -0.1) is 0 Å². The van der Waals surface area contributed by atoms with E-state index in [1.165, 1.54) is 25.7 Å². The van der Waals surface area contributed by atoms with Crippen LogP contribution < -0.4 is 4.74 Å². The van der Waals surface area contributed by atoms with Crippen LogP contribution in [0.1, 0.15) is 48.0 Å². The zero-order valence-corrected chi connectivity index (χ0v) is 12.9. The van der Waals surface area contributed by atoms with Crippen molar-refractivity contribution in [3.05, 3.63) is 29.0 Å². The first-order valence-corrected chi connectivity index (χ1v) is 6.52. The normalized spacial score (nSPS) is 7.35. The summed E-state index contributed by atoms with van der Waals surface area (Å²) < 4.78 is 17.3. The smallest absolute Gasteiger partial charge is 0.145 e. The SMILES string of the molecule is CC.CC.CCC.COc1ccc(Cl)c(F)c1. The summed E-state index contributed by atoms with van der Waals surface area (Å²) in [6.45, 7) is 12.2. The van der Waals surface area contributed by atoms with Crippen LogP contribution in [0, 0.1) is 5.82 Å². The number of hydrogen-bond acceptors (Lipinski definition) is 1. The highest BCUT2D eigenvalue weighted by Crippen LogP contribution is 2.19. The molecule has 0 fully saturated rings. The fourth-order valence-corrected chi connectivity index (χ4v) is 0.721. The maximum Gasteiger partial charge on any atom is 0.145 e. The third kappa shape index (κ3) is 13.2. The molecule has 0 amide bonds. The second kappa shape index (κ2) is 17.6. The van der Waals surface area contributed by atoms with Crippen LogP contribution >= 0.6 is 11.6 Å². The minimum atomic E-state index is -0.457. The number of methoxy groups -OCH3 is 1. The van der Waals surface area contributed by atoms with Crippen LogP contribution in [0.2, 0.25) is 5.02 Å². The van der Waals surface area contributed by atoms with E-state index in [9.17, 15) is 4.39 Å². The maximum atomic E-state index is 12.6. The van der Waals surface area contributed by atoms with Crippen LogP contribution in [-0.4, -0.2) is 7.11 Å². The van der Waals surface area contributed by atoms with E-state index in [2.05, 4.69) is 13.8 Å². The first-order chi connectivity index (χ1) is 8.15. The third-order valence-corrected chi connectivity index (χ3v) is 1.43. The van der Waals surface area contributed by atoms with E-state index in [-0.39, 0.29) is 5.02 Å². The molecule has 0 aromatic heterocycles. The van der Waals surface area contributed by atoms with Crippen LogP contribution in [0.5, 0.6) is 5.75 Å². The lowest BCUT2D eigenvalue weighted by molar-refractivity contribution is 0.411. The van der Waals surface area contributed by atoms with Gasteiger partial charge in [0.15, 0.2) is 0 Å². The first-order valence-electron chi connectivity index (χ1n) is 6.14. The van der Waals surface area contributed by atoms with Gasteiger partial charge in [-0.05, 0) is 12.1 Å². The summed E-state index contributed by atoms with van der Waals surface area (Å²) in [6.07, 6.45) is 1.25. The highest BCUT2D eigenvalue weighted by atomic mass is 35.5. The second-order valence-electron chi connectivity index (χ2n) is 2.49. The lowest BCUT2D eigenvalue weighted by Crippen LogP contribution is -1.83. The average Bonchev–Trinajstić information content (AvgIpc) is 2.38. The van der Waals surface area contributed by atoms with Crippen molar-refractivity contribution in [2.24, 2.45) is 0 Å². The van der Waals surface area contributed by atoms with Crippen LogP contribution in [0.3, 0.4) is 0 Å². The van der Waals surface area contributed by atoms with E-state index in [0.717, 1.165) is 0 Å². The molecular weight excluding hydrogens is 239 g/mol. The van der Waals surface area contributed by atoms with Gasteiger partial charge >= 0.3 is 0 Å². The summed E-state index contributed by atoms with van der Waals surface area (Å²) in [6, 6.07) is 4.30. The van der Waals surface area contributed by atoms with E-state index in [0.29, 0.717) is 5.75 Å². The van der Waals surface area contributed by atoms with Crippen molar-refractivity contribution in [1.82, 2.24) is 0 Å². The molecule has 0 heterocycles. The molecular formula is C14H26ClFO. The molecule has 1 aromatic rings.